The Kier molecular flexibility index (Phi) is 2.57. The predicted molar refractivity (Wildman–Crippen MR) is 38.9 cm³/mol. The number of nitrogens with zero attached hydrogens (tertiary/aromatic N) is 1. The summed E-state index contributed by atoms with van der Waals surface area (Å²) in [6, 6.07) is 2.50. The van der Waals surface area contributed by atoms with Crippen LogP contribution in [-0.4, -0.2) is 17.5 Å². The van der Waals surface area contributed by atoms with Crippen molar-refractivity contribution in [2.75, 3.05) is 6.61 Å². The van der Waals surface area contributed by atoms with E-state index in [4.69, 9.17) is 10.5 Å². The van der Waals surface area contributed by atoms with E-state index in [1.807, 2.05) is 0 Å². The SMILES string of the molecule is NC(=O)COc1ccc(F)nc1. The summed E-state index contributed by atoms with van der Waals surface area (Å²) >= 11 is 0. The van der Waals surface area contributed by atoms with Gasteiger partial charge in [0.05, 0.1) is 6.20 Å². The lowest BCUT2D eigenvalue weighted by atomic mass is 10.4. The quantitative estimate of drug-likeness (QED) is 0.653. The molecule has 0 spiro atoms. The van der Waals surface area contributed by atoms with Crippen LogP contribution >= 0.6 is 0 Å². The summed E-state index contributed by atoms with van der Waals surface area (Å²) < 4.78 is 17.0. The van der Waals surface area contributed by atoms with Crippen LogP contribution in [0.4, 0.5) is 4.39 Å². The van der Waals surface area contributed by atoms with Crippen LogP contribution in [0.3, 0.4) is 0 Å². The highest BCUT2D eigenvalue weighted by molar-refractivity contribution is 5.75. The smallest absolute Gasteiger partial charge is 0.255 e. The minimum absolute atomic E-state index is 0.229. The average Bonchev–Trinajstić information content (AvgIpc) is 2.03. The van der Waals surface area contributed by atoms with Crippen LogP contribution in [0.5, 0.6) is 5.75 Å². The average molecular weight is 170 g/mol. The summed E-state index contributed by atoms with van der Waals surface area (Å²) in [5, 5.41) is 0. The molecule has 0 saturated carbocycles. The summed E-state index contributed by atoms with van der Waals surface area (Å²) in [6.45, 7) is -0.229. The lowest BCUT2D eigenvalue weighted by molar-refractivity contribution is -0.119. The second-order valence-electron chi connectivity index (χ2n) is 2.07. The van der Waals surface area contributed by atoms with Crippen molar-refractivity contribution in [2.24, 2.45) is 5.73 Å². The third kappa shape index (κ3) is 2.53. The van der Waals surface area contributed by atoms with E-state index in [1.54, 1.807) is 0 Å². The van der Waals surface area contributed by atoms with E-state index >= 15 is 0 Å². The molecule has 0 aromatic carbocycles. The van der Waals surface area contributed by atoms with Crippen LogP contribution < -0.4 is 10.5 Å². The molecule has 0 fully saturated rings. The fraction of sp³-hybridized carbons (Fsp3) is 0.143. The summed E-state index contributed by atoms with van der Waals surface area (Å²) in [5.74, 6) is -0.865. The maximum absolute atomic E-state index is 12.2. The first-order chi connectivity index (χ1) is 5.68. The van der Waals surface area contributed by atoms with E-state index in [9.17, 15) is 9.18 Å². The van der Waals surface area contributed by atoms with E-state index in [0.29, 0.717) is 5.75 Å². The van der Waals surface area contributed by atoms with Gasteiger partial charge in [0.15, 0.2) is 6.61 Å². The van der Waals surface area contributed by atoms with Gasteiger partial charge in [0, 0.05) is 0 Å². The summed E-state index contributed by atoms with van der Waals surface area (Å²) in [5.41, 5.74) is 4.81. The summed E-state index contributed by atoms with van der Waals surface area (Å²) in [7, 11) is 0. The van der Waals surface area contributed by atoms with Gasteiger partial charge >= 0.3 is 0 Å². The molecule has 64 valence electrons. The molecule has 0 unspecified atom stereocenters. The predicted octanol–water partition coefficient (Wildman–Crippen LogP) is 0.0848. The van der Waals surface area contributed by atoms with Crippen LogP contribution in [0.25, 0.3) is 0 Å². The van der Waals surface area contributed by atoms with Gasteiger partial charge < -0.3 is 10.5 Å². The topological polar surface area (TPSA) is 65.2 Å². The Balaban J connectivity index is 2.53. The van der Waals surface area contributed by atoms with Crippen molar-refractivity contribution in [3.8, 4) is 5.75 Å². The molecule has 5 heteroatoms. The Hall–Kier alpha value is -1.65. The Bertz CT molecular complexity index is 273. The molecule has 1 rings (SSSR count). The van der Waals surface area contributed by atoms with Crippen molar-refractivity contribution in [1.82, 2.24) is 4.98 Å². The van der Waals surface area contributed by atoms with Crippen LogP contribution in [0.2, 0.25) is 0 Å². The van der Waals surface area contributed by atoms with E-state index in [0.717, 1.165) is 6.07 Å². The molecule has 1 aromatic heterocycles. The molecule has 1 heterocycles. The molecule has 0 aliphatic heterocycles. The van der Waals surface area contributed by atoms with E-state index in [1.165, 1.54) is 12.3 Å². The molecule has 0 aliphatic carbocycles. The number of carbonyl (C=O) groups excluding carboxylic acids is 1. The number of amides is 1. The lowest BCUT2D eigenvalue weighted by Crippen LogP contribution is -2.20. The second kappa shape index (κ2) is 3.66. The van der Waals surface area contributed by atoms with Gasteiger partial charge in [-0.2, -0.15) is 4.39 Å². The number of halogens is 1. The van der Waals surface area contributed by atoms with Crippen LogP contribution in [0.15, 0.2) is 18.3 Å². The molecule has 4 nitrogen and oxygen atoms in total. The lowest BCUT2D eigenvalue weighted by Gasteiger charge is -2.00. The largest absolute Gasteiger partial charge is 0.482 e. The molecule has 0 radical (unpaired) electrons. The second-order valence-corrected chi connectivity index (χ2v) is 2.07. The fourth-order valence-corrected chi connectivity index (χ4v) is 0.602. The number of aromatic nitrogens is 1. The van der Waals surface area contributed by atoms with Gasteiger partial charge in [-0.15, -0.1) is 0 Å². The van der Waals surface area contributed by atoms with Crippen molar-refractivity contribution in [2.45, 2.75) is 0 Å². The van der Waals surface area contributed by atoms with Crippen molar-refractivity contribution in [3.05, 3.63) is 24.3 Å². The Morgan fingerprint density at radius 3 is 2.92 bits per heavy atom. The molecule has 0 bridgehead atoms. The minimum atomic E-state index is -0.596. The number of hydrogen-bond donors (Lipinski definition) is 1. The van der Waals surface area contributed by atoms with Gasteiger partial charge in [0.1, 0.15) is 5.75 Å². The van der Waals surface area contributed by atoms with Gasteiger partial charge in [-0.1, -0.05) is 0 Å². The first kappa shape index (κ1) is 8.45. The molecular formula is C7H7FN2O2. The highest BCUT2D eigenvalue weighted by atomic mass is 19.1. The van der Waals surface area contributed by atoms with Crippen molar-refractivity contribution < 1.29 is 13.9 Å². The van der Waals surface area contributed by atoms with Crippen molar-refractivity contribution >= 4 is 5.91 Å². The molecule has 2 N–H and O–H groups in total. The van der Waals surface area contributed by atoms with Gasteiger partial charge in [-0.3, -0.25) is 4.79 Å². The number of primary amides is 1. The zero-order valence-electron chi connectivity index (χ0n) is 6.16. The number of carbonyl (C=O) groups is 1. The molecule has 0 atom stereocenters. The standard InChI is InChI=1S/C7H7FN2O2/c8-6-2-1-5(3-10-6)12-4-7(9)11/h1-3H,4H2,(H2,9,11). The van der Waals surface area contributed by atoms with E-state index in [2.05, 4.69) is 4.98 Å². The first-order valence-corrected chi connectivity index (χ1v) is 3.21. The van der Waals surface area contributed by atoms with Crippen LogP contribution in [0, 0.1) is 5.95 Å². The molecule has 1 aromatic rings. The highest BCUT2D eigenvalue weighted by Gasteiger charge is 1.97. The Labute approximate surface area is 68.2 Å². The van der Waals surface area contributed by atoms with Gasteiger partial charge in [0.25, 0.3) is 5.91 Å². The summed E-state index contributed by atoms with van der Waals surface area (Å²) in [4.78, 5) is 13.6. The molecular weight excluding hydrogens is 163 g/mol. The summed E-state index contributed by atoms with van der Waals surface area (Å²) in [6.07, 6.45) is 1.18. The molecule has 0 aliphatic rings. The molecule has 0 saturated heterocycles. The minimum Gasteiger partial charge on any atom is -0.482 e. The first-order valence-electron chi connectivity index (χ1n) is 3.21. The number of pyridine rings is 1. The zero-order chi connectivity index (χ0) is 8.97. The van der Waals surface area contributed by atoms with E-state index < -0.39 is 11.9 Å². The Morgan fingerprint density at radius 2 is 2.42 bits per heavy atom. The normalized spacial score (nSPS) is 9.42. The highest BCUT2D eigenvalue weighted by Crippen LogP contribution is 2.07. The number of ether oxygens (including phenoxy) is 1. The van der Waals surface area contributed by atoms with Crippen LogP contribution in [-0.2, 0) is 4.79 Å². The number of hydrogen-bond acceptors (Lipinski definition) is 3. The van der Waals surface area contributed by atoms with E-state index in [-0.39, 0.29) is 6.61 Å². The molecule has 12 heavy (non-hydrogen) atoms. The number of rotatable bonds is 3. The van der Waals surface area contributed by atoms with Crippen molar-refractivity contribution in [1.29, 1.82) is 0 Å². The van der Waals surface area contributed by atoms with Gasteiger partial charge in [-0.05, 0) is 12.1 Å². The zero-order valence-corrected chi connectivity index (χ0v) is 6.16. The van der Waals surface area contributed by atoms with Gasteiger partial charge in [-0.25, -0.2) is 4.98 Å². The van der Waals surface area contributed by atoms with Crippen molar-refractivity contribution in [3.63, 3.8) is 0 Å². The fourth-order valence-electron chi connectivity index (χ4n) is 0.602. The maximum Gasteiger partial charge on any atom is 0.255 e. The van der Waals surface area contributed by atoms with Crippen LogP contribution in [0.1, 0.15) is 0 Å². The third-order valence-electron chi connectivity index (χ3n) is 1.08. The molecule has 1 amide bonds. The monoisotopic (exact) mass is 170 g/mol. The third-order valence-corrected chi connectivity index (χ3v) is 1.08. The number of nitrogens with two attached hydrogens (primary N) is 1. The Morgan fingerprint density at radius 1 is 1.67 bits per heavy atom. The van der Waals surface area contributed by atoms with Gasteiger partial charge in [0.2, 0.25) is 5.95 Å². The maximum atomic E-state index is 12.2.